The fraction of sp³-hybridized carbons (Fsp3) is 0.250. The third-order valence-electron chi connectivity index (χ3n) is 3.14. The zero-order chi connectivity index (χ0) is 16.7. The molecule has 7 heteroatoms. The lowest BCUT2D eigenvalue weighted by atomic mass is 10.2. The summed E-state index contributed by atoms with van der Waals surface area (Å²) in [5.74, 6) is 0.912. The normalized spacial score (nSPS) is 10.0. The number of hydrogen-bond donors (Lipinski definition) is 2. The predicted molar refractivity (Wildman–Crippen MR) is 82.2 cm³/mol. The van der Waals surface area contributed by atoms with E-state index in [0.717, 1.165) is 0 Å². The van der Waals surface area contributed by atoms with Crippen molar-refractivity contribution >= 4 is 11.8 Å². The van der Waals surface area contributed by atoms with E-state index in [1.165, 1.54) is 20.3 Å². The van der Waals surface area contributed by atoms with Crippen LogP contribution in [0.25, 0.3) is 0 Å². The average Bonchev–Trinajstić information content (AvgIpc) is 3.10. The zero-order valence-electron chi connectivity index (χ0n) is 12.9. The highest BCUT2D eigenvalue weighted by atomic mass is 16.5. The van der Waals surface area contributed by atoms with Crippen molar-refractivity contribution in [3.05, 3.63) is 47.9 Å². The Bertz CT molecular complexity index is 667. The second kappa shape index (κ2) is 7.88. The summed E-state index contributed by atoms with van der Waals surface area (Å²) < 4.78 is 15.4. The van der Waals surface area contributed by atoms with Gasteiger partial charge in [0.1, 0.15) is 5.76 Å². The summed E-state index contributed by atoms with van der Waals surface area (Å²) in [6.07, 6.45) is 2.22. The van der Waals surface area contributed by atoms with E-state index in [4.69, 9.17) is 13.9 Å². The van der Waals surface area contributed by atoms with E-state index in [-0.39, 0.29) is 12.3 Å². The van der Waals surface area contributed by atoms with Crippen LogP contribution in [0.1, 0.15) is 22.5 Å². The van der Waals surface area contributed by atoms with Gasteiger partial charge in [-0.25, -0.2) is 0 Å². The quantitative estimate of drug-likeness (QED) is 0.791. The first-order valence-electron chi connectivity index (χ1n) is 6.97. The lowest BCUT2D eigenvalue weighted by Gasteiger charge is -2.10. The summed E-state index contributed by atoms with van der Waals surface area (Å²) in [5, 5.41) is 0. The summed E-state index contributed by atoms with van der Waals surface area (Å²) in [6, 6.07) is 8.27. The van der Waals surface area contributed by atoms with Crippen LogP contribution in [0.3, 0.4) is 0 Å². The number of hydrogen-bond acceptors (Lipinski definition) is 5. The molecule has 0 aliphatic rings. The van der Waals surface area contributed by atoms with E-state index < -0.39 is 5.91 Å². The van der Waals surface area contributed by atoms with E-state index in [1.54, 1.807) is 30.5 Å². The number of hydrazine groups is 1. The molecule has 2 rings (SSSR count). The number of carbonyl (C=O) groups is 2. The molecule has 0 saturated heterocycles. The Morgan fingerprint density at radius 2 is 1.87 bits per heavy atom. The van der Waals surface area contributed by atoms with Crippen LogP contribution in [0.2, 0.25) is 0 Å². The predicted octanol–water partition coefficient (Wildman–Crippen LogP) is 1.69. The van der Waals surface area contributed by atoms with Crippen LogP contribution in [0.4, 0.5) is 0 Å². The number of nitrogens with one attached hydrogen (secondary N) is 2. The van der Waals surface area contributed by atoms with Crippen molar-refractivity contribution in [2.45, 2.75) is 12.8 Å². The van der Waals surface area contributed by atoms with Crippen LogP contribution in [-0.4, -0.2) is 26.0 Å². The molecule has 0 radical (unpaired) electrons. The number of amides is 2. The third-order valence-corrected chi connectivity index (χ3v) is 3.14. The Morgan fingerprint density at radius 1 is 1.09 bits per heavy atom. The molecular weight excluding hydrogens is 300 g/mol. The van der Waals surface area contributed by atoms with Crippen molar-refractivity contribution in [3.63, 3.8) is 0 Å². The van der Waals surface area contributed by atoms with Gasteiger partial charge in [0.15, 0.2) is 11.5 Å². The van der Waals surface area contributed by atoms with Crippen molar-refractivity contribution in [3.8, 4) is 11.5 Å². The number of aryl methyl sites for hydroxylation is 1. The molecule has 0 aliphatic heterocycles. The van der Waals surface area contributed by atoms with Crippen LogP contribution >= 0.6 is 0 Å². The molecule has 1 aromatic carbocycles. The second-order valence-corrected chi connectivity index (χ2v) is 4.65. The maximum absolute atomic E-state index is 12.0. The van der Waals surface area contributed by atoms with E-state index in [1.807, 2.05) is 0 Å². The first-order chi connectivity index (χ1) is 11.1. The molecule has 7 nitrogen and oxygen atoms in total. The first kappa shape index (κ1) is 16.4. The van der Waals surface area contributed by atoms with Gasteiger partial charge in [-0.2, -0.15) is 0 Å². The average molecular weight is 318 g/mol. The molecule has 2 amide bonds. The molecule has 0 spiro atoms. The monoisotopic (exact) mass is 318 g/mol. The third kappa shape index (κ3) is 4.50. The van der Waals surface area contributed by atoms with Gasteiger partial charge in [0.25, 0.3) is 5.91 Å². The highest BCUT2D eigenvalue weighted by Gasteiger charge is 2.11. The second-order valence-electron chi connectivity index (χ2n) is 4.65. The van der Waals surface area contributed by atoms with Crippen LogP contribution in [0, 0.1) is 0 Å². The Hall–Kier alpha value is -2.96. The zero-order valence-corrected chi connectivity index (χ0v) is 12.9. The Balaban J connectivity index is 1.85. The highest BCUT2D eigenvalue weighted by molar-refractivity contribution is 5.96. The number of benzene rings is 1. The van der Waals surface area contributed by atoms with Crippen molar-refractivity contribution in [1.29, 1.82) is 0 Å². The van der Waals surface area contributed by atoms with Gasteiger partial charge in [-0.3, -0.25) is 20.4 Å². The largest absolute Gasteiger partial charge is 0.493 e. The molecule has 2 aromatic rings. The molecule has 0 unspecified atom stereocenters. The van der Waals surface area contributed by atoms with Crippen molar-refractivity contribution in [1.82, 2.24) is 10.9 Å². The number of ether oxygens (including phenoxy) is 2. The smallest absolute Gasteiger partial charge is 0.269 e. The molecule has 2 N–H and O–H groups in total. The van der Waals surface area contributed by atoms with Gasteiger partial charge in [-0.1, -0.05) is 0 Å². The highest BCUT2D eigenvalue weighted by Crippen LogP contribution is 2.27. The summed E-state index contributed by atoms with van der Waals surface area (Å²) >= 11 is 0. The molecule has 0 fully saturated rings. The van der Waals surface area contributed by atoms with E-state index in [9.17, 15) is 9.59 Å². The van der Waals surface area contributed by atoms with Crippen molar-refractivity contribution in [2.75, 3.05) is 14.2 Å². The van der Waals surface area contributed by atoms with Gasteiger partial charge in [-0.15, -0.1) is 0 Å². The number of rotatable bonds is 6. The van der Waals surface area contributed by atoms with Gasteiger partial charge in [0, 0.05) is 18.4 Å². The maximum Gasteiger partial charge on any atom is 0.269 e. The molecule has 0 bridgehead atoms. The van der Waals surface area contributed by atoms with E-state index in [2.05, 4.69) is 10.9 Å². The minimum absolute atomic E-state index is 0.208. The number of furan rings is 1. The van der Waals surface area contributed by atoms with Crippen LogP contribution in [0.5, 0.6) is 11.5 Å². The first-order valence-corrected chi connectivity index (χ1v) is 6.97. The maximum atomic E-state index is 12.0. The topological polar surface area (TPSA) is 89.8 Å². The molecule has 23 heavy (non-hydrogen) atoms. The van der Waals surface area contributed by atoms with E-state index in [0.29, 0.717) is 29.2 Å². The fourth-order valence-electron chi connectivity index (χ4n) is 1.93. The lowest BCUT2D eigenvalue weighted by molar-refractivity contribution is -0.121. The Kier molecular flexibility index (Phi) is 5.62. The number of methoxy groups -OCH3 is 2. The minimum atomic E-state index is -0.447. The van der Waals surface area contributed by atoms with E-state index >= 15 is 0 Å². The molecule has 0 atom stereocenters. The van der Waals surface area contributed by atoms with Gasteiger partial charge in [0.05, 0.1) is 20.5 Å². The van der Waals surface area contributed by atoms with Crippen LogP contribution in [0.15, 0.2) is 41.0 Å². The molecule has 0 aliphatic carbocycles. The summed E-state index contributed by atoms with van der Waals surface area (Å²) in [5.41, 5.74) is 5.05. The minimum Gasteiger partial charge on any atom is -0.493 e. The van der Waals surface area contributed by atoms with Gasteiger partial charge in [-0.05, 0) is 30.3 Å². The molecule has 122 valence electrons. The molecular formula is C16H18N2O5. The molecule has 1 heterocycles. The fourth-order valence-corrected chi connectivity index (χ4v) is 1.93. The van der Waals surface area contributed by atoms with Crippen molar-refractivity contribution < 1.29 is 23.5 Å². The van der Waals surface area contributed by atoms with Gasteiger partial charge < -0.3 is 13.9 Å². The number of carbonyl (C=O) groups excluding carboxylic acids is 2. The van der Waals surface area contributed by atoms with Gasteiger partial charge in [0.2, 0.25) is 5.91 Å². The SMILES string of the molecule is COc1ccc(C(=O)NNC(=O)CCc2ccco2)cc1OC. The summed E-state index contributed by atoms with van der Waals surface area (Å²) in [6.45, 7) is 0. The Labute approximate surface area is 133 Å². The lowest BCUT2D eigenvalue weighted by Crippen LogP contribution is -2.41. The van der Waals surface area contributed by atoms with Gasteiger partial charge >= 0.3 is 0 Å². The summed E-state index contributed by atoms with van der Waals surface area (Å²) in [4.78, 5) is 23.7. The molecule has 0 saturated carbocycles. The van der Waals surface area contributed by atoms with Crippen LogP contribution < -0.4 is 20.3 Å². The standard InChI is InChI=1S/C16H18N2O5/c1-21-13-7-5-11(10-14(13)22-2)16(20)18-17-15(19)8-6-12-4-3-9-23-12/h3-5,7,9-10H,6,8H2,1-2H3,(H,17,19)(H,18,20). The van der Waals surface area contributed by atoms with Crippen LogP contribution in [-0.2, 0) is 11.2 Å². The summed E-state index contributed by atoms with van der Waals surface area (Å²) in [7, 11) is 2.99. The van der Waals surface area contributed by atoms with Crippen molar-refractivity contribution in [2.24, 2.45) is 0 Å². The molecule has 1 aromatic heterocycles. The Morgan fingerprint density at radius 3 is 2.52 bits per heavy atom.